The van der Waals surface area contributed by atoms with Crippen LogP contribution in [-0.4, -0.2) is 40.3 Å². The van der Waals surface area contributed by atoms with Gasteiger partial charge in [0.25, 0.3) is 0 Å². The van der Waals surface area contributed by atoms with E-state index in [-0.39, 0.29) is 13.1 Å². The first-order chi connectivity index (χ1) is 13.5. The fourth-order valence-corrected chi connectivity index (χ4v) is 2.51. The second-order valence-corrected chi connectivity index (χ2v) is 5.74. The Morgan fingerprint density at radius 3 is 1.32 bits per heavy atom. The van der Waals surface area contributed by atoms with Crippen molar-refractivity contribution in [1.29, 1.82) is 0 Å². The lowest BCUT2D eigenvalue weighted by Gasteiger charge is -2.11. The Kier molecular flexibility index (Phi) is 7.50. The van der Waals surface area contributed by atoms with Gasteiger partial charge in [0.05, 0.1) is 28.4 Å². The fraction of sp³-hybridized carbons (Fsp3) is 0.300. The van der Waals surface area contributed by atoms with Gasteiger partial charge in [-0.15, -0.1) is 0 Å². The van der Waals surface area contributed by atoms with Crippen LogP contribution in [0.5, 0.6) is 23.0 Å². The highest BCUT2D eigenvalue weighted by atomic mass is 16.5. The molecule has 0 radical (unpaired) electrons. The molecule has 0 spiro atoms. The lowest BCUT2D eigenvalue weighted by Crippen LogP contribution is -2.39. The fourth-order valence-electron chi connectivity index (χ4n) is 2.51. The zero-order valence-corrected chi connectivity index (χ0v) is 16.3. The summed E-state index contributed by atoms with van der Waals surface area (Å²) in [6.07, 6.45) is 0. The van der Waals surface area contributed by atoms with Gasteiger partial charge in [-0.2, -0.15) is 0 Å². The first-order valence-electron chi connectivity index (χ1n) is 8.50. The average molecular weight is 388 g/mol. The van der Waals surface area contributed by atoms with Crippen LogP contribution in [-0.2, 0) is 22.7 Å². The summed E-state index contributed by atoms with van der Waals surface area (Å²) in [4.78, 5) is 24.0. The summed E-state index contributed by atoms with van der Waals surface area (Å²) in [6, 6.07) is 10.5. The lowest BCUT2D eigenvalue weighted by atomic mass is 10.2. The third-order valence-corrected chi connectivity index (χ3v) is 4.01. The van der Waals surface area contributed by atoms with Crippen molar-refractivity contribution in [3.05, 3.63) is 47.5 Å². The maximum atomic E-state index is 12.0. The van der Waals surface area contributed by atoms with Crippen molar-refractivity contribution in [3.8, 4) is 23.0 Å². The van der Waals surface area contributed by atoms with E-state index in [1.54, 1.807) is 50.6 Å². The van der Waals surface area contributed by atoms with Gasteiger partial charge in [0.15, 0.2) is 23.0 Å². The minimum Gasteiger partial charge on any atom is -0.493 e. The van der Waals surface area contributed by atoms with Gasteiger partial charge in [-0.25, -0.2) is 0 Å². The van der Waals surface area contributed by atoms with Gasteiger partial charge in [0, 0.05) is 13.1 Å². The molecule has 0 bridgehead atoms. The van der Waals surface area contributed by atoms with E-state index >= 15 is 0 Å². The minimum atomic E-state index is -0.727. The van der Waals surface area contributed by atoms with E-state index in [4.69, 9.17) is 18.9 Å². The summed E-state index contributed by atoms with van der Waals surface area (Å²) < 4.78 is 20.8. The Bertz CT molecular complexity index is 768. The molecule has 0 saturated carbocycles. The summed E-state index contributed by atoms with van der Waals surface area (Å²) in [7, 11) is 6.15. The maximum absolute atomic E-state index is 12.0. The molecule has 0 aromatic heterocycles. The second kappa shape index (κ2) is 10.1. The molecule has 0 saturated heterocycles. The number of nitrogens with one attached hydrogen (secondary N) is 2. The zero-order valence-electron chi connectivity index (χ0n) is 16.3. The number of benzene rings is 2. The number of rotatable bonds is 8. The molecule has 0 fully saturated rings. The smallest absolute Gasteiger partial charge is 0.309 e. The molecule has 0 heterocycles. The first kappa shape index (κ1) is 20.9. The van der Waals surface area contributed by atoms with Crippen LogP contribution in [0.3, 0.4) is 0 Å². The minimum absolute atomic E-state index is 0.183. The van der Waals surface area contributed by atoms with Crippen LogP contribution in [0, 0.1) is 0 Å². The van der Waals surface area contributed by atoms with Crippen molar-refractivity contribution in [2.45, 2.75) is 13.1 Å². The van der Waals surface area contributed by atoms with Gasteiger partial charge >= 0.3 is 11.8 Å². The van der Waals surface area contributed by atoms with E-state index in [2.05, 4.69) is 10.6 Å². The third-order valence-electron chi connectivity index (χ3n) is 4.01. The van der Waals surface area contributed by atoms with Gasteiger partial charge < -0.3 is 29.6 Å². The summed E-state index contributed by atoms with van der Waals surface area (Å²) in [5, 5.41) is 5.15. The largest absolute Gasteiger partial charge is 0.493 e. The highest BCUT2D eigenvalue weighted by Crippen LogP contribution is 2.28. The van der Waals surface area contributed by atoms with Crippen LogP contribution < -0.4 is 29.6 Å². The summed E-state index contributed by atoms with van der Waals surface area (Å²) in [6.45, 7) is 0.367. The Morgan fingerprint density at radius 2 is 1.00 bits per heavy atom. The van der Waals surface area contributed by atoms with E-state index in [1.807, 2.05) is 0 Å². The second-order valence-electron chi connectivity index (χ2n) is 5.74. The number of hydrogen-bond acceptors (Lipinski definition) is 6. The molecule has 0 atom stereocenters. The van der Waals surface area contributed by atoms with Gasteiger partial charge in [-0.1, -0.05) is 12.1 Å². The molecule has 28 heavy (non-hydrogen) atoms. The Labute approximate surface area is 163 Å². The quantitative estimate of drug-likeness (QED) is 0.668. The maximum Gasteiger partial charge on any atom is 0.309 e. The summed E-state index contributed by atoms with van der Waals surface area (Å²) >= 11 is 0. The lowest BCUT2D eigenvalue weighted by molar-refractivity contribution is -0.139. The van der Waals surface area contributed by atoms with Crippen LogP contribution in [0.15, 0.2) is 36.4 Å². The van der Waals surface area contributed by atoms with Crippen LogP contribution in [0.2, 0.25) is 0 Å². The van der Waals surface area contributed by atoms with Crippen molar-refractivity contribution < 1.29 is 28.5 Å². The van der Waals surface area contributed by atoms with Crippen molar-refractivity contribution in [3.63, 3.8) is 0 Å². The number of carbonyl (C=O) groups is 2. The van der Waals surface area contributed by atoms with Crippen LogP contribution >= 0.6 is 0 Å². The SMILES string of the molecule is COc1ccc(CNC(=O)C(=O)NCc2ccc(OC)c(OC)c2)cc1OC. The third kappa shape index (κ3) is 5.29. The molecule has 0 aliphatic rings. The molecule has 0 aliphatic heterocycles. The predicted molar refractivity (Wildman–Crippen MR) is 103 cm³/mol. The van der Waals surface area contributed by atoms with Crippen molar-refractivity contribution in [1.82, 2.24) is 10.6 Å². The topological polar surface area (TPSA) is 95.1 Å². The molecule has 150 valence electrons. The predicted octanol–water partition coefficient (Wildman–Crippen LogP) is 1.65. The van der Waals surface area contributed by atoms with Crippen molar-refractivity contribution in [2.75, 3.05) is 28.4 Å². The number of methoxy groups -OCH3 is 4. The molecule has 0 aliphatic carbocycles. The molecule has 8 heteroatoms. The van der Waals surface area contributed by atoms with Gasteiger partial charge in [0.1, 0.15) is 0 Å². The monoisotopic (exact) mass is 388 g/mol. The van der Waals surface area contributed by atoms with E-state index in [0.29, 0.717) is 23.0 Å². The molecule has 0 unspecified atom stereocenters. The van der Waals surface area contributed by atoms with Crippen LogP contribution in [0.1, 0.15) is 11.1 Å². The Balaban J connectivity index is 1.89. The normalized spacial score (nSPS) is 10.0. The first-order valence-corrected chi connectivity index (χ1v) is 8.50. The molecular weight excluding hydrogens is 364 g/mol. The molecule has 2 aromatic rings. The molecule has 2 amide bonds. The van der Waals surface area contributed by atoms with E-state index in [9.17, 15) is 9.59 Å². The van der Waals surface area contributed by atoms with Gasteiger partial charge in [-0.05, 0) is 35.4 Å². The van der Waals surface area contributed by atoms with E-state index in [1.165, 1.54) is 14.2 Å². The van der Waals surface area contributed by atoms with Crippen LogP contribution in [0.25, 0.3) is 0 Å². The molecular formula is C20H24N2O6. The number of amides is 2. The molecule has 2 aromatic carbocycles. The van der Waals surface area contributed by atoms with Gasteiger partial charge in [0.2, 0.25) is 0 Å². The van der Waals surface area contributed by atoms with Crippen molar-refractivity contribution in [2.24, 2.45) is 0 Å². The van der Waals surface area contributed by atoms with E-state index < -0.39 is 11.8 Å². The summed E-state index contributed by atoms with van der Waals surface area (Å²) in [5.74, 6) is 0.820. The summed E-state index contributed by atoms with van der Waals surface area (Å²) in [5.41, 5.74) is 1.55. The Hall–Kier alpha value is -3.42. The average Bonchev–Trinajstić information content (AvgIpc) is 2.74. The molecule has 2 N–H and O–H groups in total. The Morgan fingerprint density at radius 1 is 0.643 bits per heavy atom. The highest BCUT2D eigenvalue weighted by Gasteiger charge is 2.14. The van der Waals surface area contributed by atoms with Crippen molar-refractivity contribution >= 4 is 11.8 Å². The highest BCUT2D eigenvalue weighted by molar-refractivity contribution is 6.35. The van der Waals surface area contributed by atoms with Gasteiger partial charge in [-0.3, -0.25) is 9.59 Å². The number of carbonyl (C=O) groups excluding carboxylic acids is 2. The van der Waals surface area contributed by atoms with Crippen LogP contribution in [0.4, 0.5) is 0 Å². The number of ether oxygens (including phenoxy) is 4. The number of hydrogen-bond donors (Lipinski definition) is 2. The molecule has 8 nitrogen and oxygen atoms in total. The zero-order chi connectivity index (χ0) is 20.5. The standard InChI is InChI=1S/C20H24N2O6/c1-25-15-7-5-13(9-17(15)27-3)11-21-19(23)20(24)22-12-14-6-8-16(26-2)18(10-14)28-4/h5-10H,11-12H2,1-4H3,(H,21,23)(H,22,24). The van der Waals surface area contributed by atoms with E-state index in [0.717, 1.165) is 11.1 Å². The molecule has 2 rings (SSSR count).